The van der Waals surface area contributed by atoms with Gasteiger partial charge in [-0.2, -0.15) is 0 Å². The minimum absolute atomic E-state index is 0.608. The predicted molar refractivity (Wildman–Crippen MR) is 86.0 cm³/mol. The lowest BCUT2D eigenvalue weighted by Crippen LogP contribution is -2.48. The Morgan fingerprint density at radius 1 is 1.05 bits per heavy atom. The van der Waals surface area contributed by atoms with Crippen LogP contribution in [0.1, 0.15) is 71.1 Å². The molecule has 0 aromatic carbocycles. The molecule has 0 radical (unpaired) electrons. The van der Waals surface area contributed by atoms with Crippen LogP contribution < -0.4 is 5.32 Å². The summed E-state index contributed by atoms with van der Waals surface area (Å²) in [6.45, 7) is 7.79. The third-order valence-corrected chi connectivity index (χ3v) is 6.00. The Morgan fingerprint density at radius 2 is 1.85 bits per heavy atom. The first-order chi connectivity index (χ1) is 9.80. The lowest BCUT2D eigenvalue weighted by molar-refractivity contribution is 0.0716. The van der Waals surface area contributed by atoms with Crippen molar-refractivity contribution in [3.63, 3.8) is 0 Å². The lowest BCUT2D eigenvalue weighted by Gasteiger charge is -2.44. The second kappa shape index (κ2) is 6.79. The Kier molecular flexibility index (Phi) is 5.04. The van der Waals surface area contributed by atoms with E-state index in [1.807, 2.05) is 0 Å². The van der Waals surface area contributed by atoms with Crippen LogP contribution in [0.25, 0.3) is 0 Å². The molecule has 3 fully saturated rings. The van der Waals surface area contributed by atoms with Gasteiger partial charge >= 0.3 is 0 Å². The highest BCUT2D eigenvalue weighted by Crippen LogP contribution is 2.38. The van der Waals surface area contributed by atoms with E-state index in [2.05, 4.69) is 17.1 Å². The minimum Gasteiger partial charge on any atom is -0.313 e. The topological polar surface area (TPSA) is 15.3 Å². The van der Waals surface area contributed by atoms with Gasteiger partial charge in [-0.25, -0.2) is 0 Å². The van der Waals surface area contributed by atoms with E-state index in [-0.39, 0.29) is 0 Å². The van der Waals surface area contributed by atoms with Gasteiger partial charge in [0.05, 0.1) is 0 Å². The molecule has 1 heterocycles. The molecule has 2 heteroatoms. The number of rotatable bonds is 6. The zero-order chi connectivity index (χ0) is 13.8. The van der Waals surface area contributed by atoms with Crippen LogP contribution in [0.2, 0.25) is 0 Å². The molecule has 0 bridgehead atoms. The van der Waals surface area contributed by atoms with Crippen molar-refractivity contribution < 1.29 is 0 Å². The van der Waals surface area contributed by atoms with Gasteiger partial charge in [0.15, 0.2) is 0 Å². The van der Waals surface area contributed by atoms with Crippen LogP contribution in [0.15, 0.2) is 0 Å². The van der Waals surface area contributed by atoms with E-state index in [1.54, 1.807) is 0 Å². The molecule has 3 aliphatic rings. The van der Waals surface area contributed by atoms with E-state index in [4.69, 9.17) is 0 Å². The fraction of sp³-hybridized carbons (Fsp3) is 1.00. The summed E-state index contributed by atoms with van der Waals surface area (Å²) in [6, 6.07) is 0.874. The summed E-state index contributed by atoms with van der Waals surface area (Å²) >= 11 is 0. The van der Waals surface area contributed by atoms with Crippen LogP contribution in [0, 0.1) is 11.3 Å². The van der Waals surface area contributed by atoms with E-state index in [1.165, 1.54) is 90.4 Å². The first-order valence-electron chi connectivity index (χ1n) is 9.25. The standard InChI is InChI=1S/C18H34N2/c1-2-16-7-6-12-20(13-16)15-18(10-4-3-5-11-18)14-19-17-8-9-17/h16-17,19H,2-15H2,1H3. The average molecular weight is 278 g/mol. The number of hydrogen-bond acceptors (Lipinski definition) is 2. The second-order valence-corrected chi connectivity index (χ2v) is 7.87. The molecule has 3 rings (SSSR count). The normalized spacial score (nSPS) is 31.4. The summed E-state index contributed by atoms with van der Waals surface area (Å²) < 4.78 is 0. The maximum Gasteiger partial charge on any atom is 0.00684 e. The summed E-state index contributed by atoms with van der Waals surface area (Å²) in [5.74, 6) is 0.973. The Morgan fingerprint density at radius 3 is 2.55 bits per heavy atom. The molecule has 116 valence electrons. The highest BCUT2D eigenvalue weighted by atomic mass is 15.1. The van der Waals surface area contributed by atoms with Gasteiger partial charge in [0.1, 0.15) is 0 Å². The zero-order valence-corrected chi connectivity index (χ0v) is 13.5. The number of likely N-dealkylation sites (tertiary alicyclic amines) is 1. The van der Waals surface area contributed by atoms with Crippen molar-refractivity contribution in [3.8, 4) is 0 Å². The Labute approximate surface area is 125 Å². The average Bonchev–Trinajstić information content (AvgIpc) is 3.31. The van der Waals surface area contributed by atoms with Gasteiger partial charge in [0.2, 0.25) is 0 Å². The van der Waals surface area contributed by atoms with Crippen LogP contribution in [-0.2, 0) is 0 Å². The smallest absolute Gasteiger partial charge is 0.00684 e. The predicted octanol–water partition coefficient (Wildman–Crippen LogP) is 3.81. The minimum atomic E-state index is 0.608. The summed E-state index contributed by atoms with van der Waals surface area (Å²) in [6.07, 6.45) is 14.5. The summed E-state index contributed by atoms with van der Waals surface area (Å²) in [5, 5.41) is 3.86. The molecule has 2 aliphatic carbocycles. The Hall–Kier alpha value is -0.0800. The molecule has 1 atom stereocenters. The van der Waals surface area contributed by atoms with Crippen molar-refractivity contribution in [1.29, 1.82) is 0 Å². The Bertz CT molecular complexity index is 292. The van der Waals surface area contributed by atoms with E-state index >= 15 is 0 Å². The molecule has 0 aromatic rings. The van der Waals surface area contributed by atoms with Crippen molar-refractivity contribution in [2.45, 2.75) is 77.2 Å². The molecule has 1 saturated heterocycles. The molecular formula is C18H34N2. The first kappa shape index (κ1) is 14.8. The van der Waals surface area contributed by atoms with Gasteiger partial charge in [-0.15, -0.1) is 0 Å². The van der Waals surface area contributed by atoms with Gasteiger partial charge in [0, 0.05) is 25.7 Å². The molecule has 0 aromatic heterocycles. The summed E-state index contributed by atoms with van der Waals surface area (Å²) in [4.78, 5) is 2.82. The summed E-state index contributed by atoms with van der Waals surface area (Å²) in [7, 11) is 0. The lowest BCUT2D eigenvalue weighted by atomic mass is 9.73. The molecular weight excluding hydrogens is 244 g/mol. The maximum absolute atomic E-state index is 3.86. The molecule has 2 nitrogen and oxygen atoms in total. The molecule has 0 spiro atoms. The van der Waals surface area contributed by atoms with Gasteiger partial charge in [0.25, 0.3) is 0 Å². The van der Waals surface area contributed by atoms with Crippen molar-refractivity contribution in [2.24, 2.45) is 11.3 Å². The number of hydrogen-bond donors (Lipinski definition) is 1. The van der Waals surface area contributed by atoms with Crippen molar-refractivity contribution >= 4 is 0 Å². The van der Waals surface area contributed by atoms with Crippen molar-refractivity contribution in [1.82, 2.24) is 10.2 Å². The van der Waals surface area contributed by atoms with Crippen LogP contribution >= 0.6 is 0 Å². The monoisotopic (exact) mass is 278 g/mol. The number of nitrogens with zero attached hydrogens (tertiary/aromatic N) is 1. The van der Waals surface area contributed by atoms with Gasteiger partial charge < -0.3 is 10.2 Å². The van der Waals surface area contributed by atoms with E-state index < -0.39 is 0 Å². The maximum atomic E-state index is 3.86. The Balaban J connectivity index is 1.56. The second-order valence-electron chi connectivity index (χ2n) is 7.87. The van der Waals surface area contributed by atoms with E-state index in [0.29, 0.717) is 5.41 Å². The van der Waals surface area contributed by atoms with E-state index in [0.717, 1.165) is 12.0 Å². The van der Waals surface area contributed by atoms with Gasteiger partial charge in [-0.05, 0) is 56.4 Å². The fourth-order valence-corrected chi connectivity index (χ4v) is 4.44. The van der Waals surface area contributed by atoms with Gasteiger partial charge in [-0.1, -0.05) is 32.6 Å². The van der Waals surface area contributed by atoms with E-state index in [9.17, 15) is 0 Å². The van der Waals surface area contributed by atoms with Crippen LogP contribution in [0.4, 0.5) is 0 Å². The quantitative estimate of drug-likeness (QED) is 0.795. The van der Waals surface area contributed by atoms with Gasteiger partial charge in [-0.3, -0.25) is 0 Å². The van der Waals surface area contributed by atoms with Crippen LogP contribution in [0.3, 0.4) is 0 Å². The van der Waals surface area contributed by atoms with Crippen LogP contribution in [-0.4, -0.2) is 37.1 Å². The molecule has 1 N–H and O–H groups in total. The van der Waals surface area contributed by atoms with Crippen LogP contribution in [0.5, 0.6) is 0 Å². The highest BCUT2D eigenvalue weighted by molar-refractivity contribution is 4.92. The van der Waals surface area contributed by atoms with Crippen molar-refractivity contribution in [3.05, 3.63) is 0 Å². The number of nitrogens with one attached hydrogen (secondary N) is 1. The molecule has 1 unspecified atom stereocenters. The highest BCUT2D eigenvalue weighted by Gasteiger charge is 2.36. The third kappa shape index (κ3) is 3.98. The molecule has 2 saturated carbocycles. The third-order valence-electron chi connectivity index (χ3n) is 6.00. The van der Waals surface area contributed by atoms with Crippen molar-refractivity contribution in [2.75, 3.05) is 26.2 Å². The largest absolute Gasteiger partial charge is 0.313 e. The zero-order valence-electron chi connectivity index (χ0n) is 13.5. The molecule has 20 heavy (non-hydrogen) atoms. The summed E-state index contributed by atoms with van der Waals surface area (Å²) in [5.41, 5.74) is 0.608. The first-order valence-corrected chi connectivity index (χ1v) is 9.25. The molecule has 0 amide bonds. The number of piperidine rings is 1. The molecule has 1 aliphatic heterocycles. The SMILES string of the molecule is CCC1CCCN(CC2(CNC3CC3)CCCCC2)C1. The fourth-order valence-electron chi connectivity index (χ4n) is 4.44.